The van der Waals surface area contributed by atoms with Crippen molar-refractivity contribution in [2.75, 3.05) is 17.7 Å². The Hall–Kier alpha value is -2.04. The molecular weight excluding hydrogens is 204 g/mol. The van der Waals surface area contributed by atoms with Crippen LogP contribution in [-0.2, 0) is 6.54 Å². The zero-order valence-electron chi connectivity index (χ0n) is 9.34. The van der Waals surface area contributed by atoms with Crippen molar-refractivity contribution in [3.05, 3.63) is 36.0 Å². The maximum Gasteiger partial charge on any atom is 0.133 e. The Morgan fingerprint density at radius 3 is 2.94 bits per heavy atom. The van der Waals surface area contributed by atoms with Crippen LogP contribution in [0, 0.1) is 6.92 Å². The molecule has 0 fully saturated rings. The number of nitrogens with two attached hydrogens (primary N) is 1. The number of aromatic nitrogens is 2. The van der Waals surface area contributed by atoms with E-state index in [9.17, 15) is 0 Å². The molecule has 84 valence electrons. The van der Waals surface area contributed by atoms with Crippen molar-refractivity contribution in [2.24, 2.45) is 0 Å². The minimum absolute atomic E-state index is 0.658. The Balaban J connectivity index is 2.14. The minimum atomic E-state index is 0.658. The Kier molecular flexibility index (Phi) is 2.76. The summed E-state index contributed by atoms with van der Waals surface area (Å²) in [7, 11) is 1.95. The predicted octanol–water partition coefficient (Wildman–Crippen LogP) is 1.60. The molecule has 2 rings (SSSR count). The Morgan fingerprint density at radius 1 is 1.50 bits per heavy atom. The molecule has 0 unspecified atom stereocenters. The highest BCUT2D eigenvalue weighted by atomic mass is 16.5. The zero-order chi connectivity index (χ0) is 11.5. The SMILES string of the molecule is Cc1cc(CN(C)c2ccncc2N)no1. The smallest absolute Gasteiger partial charge is 0.133 e. The van der Waals surface area contributed by atoms with E-state index < -0.39 is 0 Å². The van der Waals surface area contributed by atoms with Crippen LogP contribution in [0.5, 0.6) is 0 Å². The van der Waals surface area contributed by atoms with Crippen LogP contribution < -0.4 is 10.6 Å². The number of aryl methyl sites for hydroxylation is 1. The second-order valence-electron chi connectivity index (χ2n) is 3.72. The molecule has 2 heterocycles. The molecule has 0 aliphatic rings. The Morgan fingerprint density at radius 2 is 2.31 bits per heavy atom. The monoisotopic (exact) mass is 218 g/mol. The molecule has 0 saturated carbocycles. The minimum Gasteiger partial charge on any atom is -0.396 e. The van der Waals surface area contributed by atoms with E-state index in [-0.39, 0.29) is 0 Å². The van der Waals surface area contributed by atoms with Crippen LogP contribution in [0.2, 0.25) is 0 Å². The topological polar surface area (TPSA) is 68.2 Å². The van der Waals surface area contributed by atoms with Gasteiger partial charge in [0.15, 0.2) is 0 Å². The van der Waals surface area contributed by atoms with Gasteiger partial charge in [-0.05, 0) is 13.0 Å². The molecule has 0 amide bonds. The fourth-order valence-electron chi connectivity index (χ4n) is 1.57. The van der Waals surface area contributed by atoms with Gasteiger partial charge in [-0.25, -0.2) is 0 Å². The number of nitrogens with zero attached hydrogens (tertiary/aromatic N) is 3. The summed E-state index contributed by atoms with van der Waals surface area (Å²) in [5.41, 5.74) is 8.32. The first-order valence-corrected chi connectivity index (χ1v) is 4.99. The summed E-state index contributed by atoms with van der Waals surface area (Å²) in [6.07, 6.45) is 3.36. The van der Waals surface area contributed by atoms with E-state index in [1.165, 1.54) is 0 Å². The summed E-state index contributed by atoms with van der Waals surface area (Å²) in [5.74, 6) is 0.811. The third-order valence-corrected chi connectivity index (χ3v) is 2.32. The van der Waals surface area contributed by atoms with Gasteiger partial charge >= 0.3 is 0 Å². The molecule has 5 heteroatoms. The van der Waals surface area contributed by atoms with E-state index in [1.807, 2.05) is 31.0 Å². The Labute approximate surface area is 93.9 Å². The second-order valence-corrected chi connectivity index (χ2v) is 3.72. The summed E-state index contributed by atoms with van der Waals surface area (Å²) in [6, 6.07) is 3.79. The van der Waals surface area contributed by atoms with Gasteiger partial charge in [-0.3, -0.25) is 4.98 Å². The predicted molar refractivity (Wildman–Crippen MR) is 62.0 cm³/mol. The highest BCUT2D eigenvalue weighted by Gasteiger charge is 2.08. The summed E-state index contributed by atoms with van der Waals surface area (Å²) in [5, 5.41) is 3.94. The van der Waals surface area contributed by atoms with Crippen LogP contribution in [0.1, 0.15) is 11.5 Å². The van der Waals surface area contributed by atoms with Crippen molar-refractivity contribution >= 4 is 11.4 Å². The van der Waals surface area contributed by atoms with Gasteiger partial charge in [0.25, 0.3) is 0 Å². The fraction of sp³-hybridized carbons (Fsp3) is 0.273. The van der Waals surface area contributed by atoms with Crippen molar-refractivity contribution in [1.29, 1.82) is 0 Å². The van der Waals surface area contributed by atoms with Gasteiger partial charge in [0.2, 0.25) is 0 Å². The molecule has 2 aromatic rings. The lowest BCUT2D eigenvalue weighted by Gasteiger charge is -2.18. The first-order valence-electron chi connectivity index (χ1n) is 4.99. The van der Waals surface area contributed by atoms with Crippen molar-refractivity contribution < 1.29 is 4.52 Å². The highest BCUT2D eigenvalue weighted by Crippen LogP contribution is 2.21. The number of hydrogen-bond acceptors (Lipinski definition) is 5. The number of pyridine rings is 1. The van der Waals surface area contributed by atoms with Gasteiger partial charge in [-0.15, -0.1) is 0 Å². The molecule has 2 aromatic heterocycles. The molecule has 5 nitrogen and oxygen atoms in total. The third-order valence-electron chi connectivity index (χ3n) is 2.32. The highest BCUT2D eigenvalue weighted by molar-refractivity contribution is 5.65. The molecule has 2 N–H and O–H groups in total. The van der Waals surface area contributed by atoms with Crippen LogP contribution in [0.25, 0.3) is 0 Å². The Bertz CT molecular complexity index is 480. The van der Waals surface area contributed by atoms with Gasteiger partial charge in [0, 0.05) is 19.3 Å². The van der Waals surface area contributed by atoms with Crippen molar-refractivity contribution in [3.8, 4) is 0 Å². The lowest BCUT2D eigenvalue weighted by Crippen LogP contribution is -2.18. The van der Waals surface area contributed by atoms with Gasteiger partial charge in [-0.1, -0.05) is 5.16 Å². The molecule has 0 spiro atoms. The van der Waals surface area contributed by atoms with Crippen LogP contribution in [0.15, 0.2) is 29.0 Å². The molecule has 0 radical (unpaired) electrons. The van der Waals surface area contributed by atoms with Crippen molar-refractivity contribution in [2.45, 2.75) is 13.5 Å². The van der Waals surface area contributed by atoms with Crippen LogP contribution >= 0.6 is 0 Å². The second kappa shape index (κ2) is 4.22. The van der Waals surface area contributed by atoms with E-state index in [1.54, 1.807) is 12.4 Å². The van der Waals surface area contributed by atoms with E-state index in [4.69, 9.17) is 10.3 Å². The fourth-order valence-corrected chi connectivity index (χ4v) is 1.57. The first kappa shape index (κ1) is 10.5. The van der Waals surface area contributed by atoms with E-state index in [0.29, 0.717) is 12.2 Å². The van der Waals surface area contributed by atoms with Crippen molar-refractivity contribution in [3.63, 3.8) is 0 Å². The third kappa shape index (κ3) is 2.13. The summed E-state index contributed by atoms with van der Waals surface area (Å²) >= 11 is 0. The lowest BCUT2D eigenvalue weighted by molar-refractivity contribution is 0.390. The van der Waals surface area contributed by atoms with Gasteiger partial charge in [0.1, 0.15) is 11.5 Å². The average Bonchev–Trinajstić information content (AvgIpc) is 2.64. The van der Waals surface area contributed by atoms with Gasteiger partial charge < -0.3 is 15.2 Å². The number of rotatable bonds is 3. The summed E-state index contributed by atoms with van der Waals surface area (Å²) < 4.78 is 5.01. The zero-order valence-corrected chi connectivity index (χ0v) is 9.34. The van der Waals surface area contributed by atoms with Gasteiger partial charge in [0.05, 0.1) is 24.1 Å². The molecule has 16 heavy (non-hydrogen) atoms. The standard InChI is InChI=1S/C11H14N4O/c1-8-5-9(14-16-8)7-15(2)11-3-4-13-6-10(11)12/h3-6H,7,12H2,1-2H3. The largest absolute Gasteiger partial charge is 0.396 e. The quantitative estimate of drug-likeness (QED) is 0.847. The first-order chi connectivity index (χ1) is 7.66. The average molecular weight is 218 g/mol. The number of anilines is 2. The van der Waals surface area contributed by atoms with E-state index in [0.717, 1.165) is 17.1 Å². The van der Waals surface area contributed by atoms with Gasteiger partial charge in [-0.2, -0.15) is 0 Å². The molecular formula is C11H14N4O. The molecule has 0 atom stereocenters. The van der Waals surface area contributed by atoms with Crippen LogP contribution in [0.4, 0.5) is 11.4 Å². The normalized spacial score (nSPS) is 10.4. The molecule has 0 bridgehead atoms. The van der Waals surface area contributed by atoms with Crippen molar-refractivity contribution in [1.82, 2.24) is 10.1 Å². The van der Waals surface area contributed by atoms with E-state index in [2.05, 4.69) is 10.1 Å². The lowest BCUT2D eigenvalue weighted by atomic mass is 10.3. The maximum absolute atomic E-state index is 5.83. The maximum atomic E-state index is 5.83. The summed E-state index contributed by atoms with van der Waals surface area (Å²) in [6.45, 7) is 2.53. The summed E-state index contributed by atoms with van der Waals surface area (Å²) in [4.78, 5) is 5.96. The molecule has 0 aliphatic heterocycles. The van der Waals surface area contributed by atoms with Crippen LogP contribution in [-0.4, -0.2) is 17.2 Å². The molecule has 0 saturated heterocycles. The molecule has 0 aromatic carbocycles. The van der Waals surface area contributed by atoms with E-state index >= 15 is 0 Å². The number of nitrogen functional groups attached to an aromatic ring is 1. The molecule has 0 aliphatic carbocycles. The number of hydrogen-bond donors (Lipinski definition) is 1. The van der Waals surface area contributed by atoms with Crippen LogP contribution in [0.3, 0.4) is 0 Å².